The average Bonchev–Trinajstić information content (AvgIpc) is 3.30. The van der Waals surface area contributed by atoms with Gasteiger partial charge in [0, 0.05) is 19.3 Å². The number of unbranched alkanes of at least 4 members (excludes halogenated alkanes) is 21. The van der Waals surface area contributed by atoms with Gasteiger partial charge in [-0.1, -0.05) is 220 Å². The largest absolute Gasteiger partial charge is 0.462 e. The lowest BCUT2D eigenvalue weighted by molar-refractivity contribution is -0.167. The molecule has 1 atom stereocenters. The highest BCUT2D eigenvalue weighted by molar-refractivity contribution is 5.71. The second-order valence-electron chi connectivity index (χ2n) is 17.1. The minimum atomic E-state index is -0.804. The highest BCUT2D eigenvalue weighted by Gasteiger charge is 2.19. The van der Waals surface area contributed by atoms with Crippen molar-refractivity contribution in [1.82, 2.24) is 0 Å². The molecular formula is C59H96O6. The fraction of sp³-hybridized carbons (Fsp3) is 0.644. The van der Waals surface area contributed by atoms with Gasteiger partial charge in [0.2, 0.25) is 0 Å². The Kier molecular flexibility index (Phi) is 49.5. The summed E-state index contributed by atoms with van der Waals surface area (Å²) in [6.45, 7) is 6.30. The summed E-state index contributed by atoms with van der Waals surface area (Å²) in [4.78, 5) is 38.0. The predicted molar refractivity (Wildman–Crippen MR) is 279 cm³/mol. The van der Waals surface area contributed by atoms with Gasteiger partial charge in [0.25, 0.3) is 0 Å². The first-order valence-corrected chi connectivity index (χ1v) is 26.5. The van der Waals surface area contributed by atoms with Crippen LogP contribution in [-0.4, -0.2) is 37.2 Å². The van der Waals surface area contributed by atoms with Crippen LogP contribution in [0.25, 0.3) is 0 Å². The summed E-state index contributed by atoms with van der Waals surface area (Å²) in [5.41, 5.74) is 0. The highest BCUT2D eigenvalue weighted by Crippen LogP contribution is 2.14. The monoisotopic (exact) mass is 901 g/mol. The van der Waals surface area contributed by atoms with E-state index in [1.165, 1.54) is 83.5 Å². The summed E-state index contributed by atoms with van der Waals surface area (Å²) in [5, 5.41) is 0. The molecule has 0 aliphatic carbocycles. The quantitative estimate of drug-likeness (QED) is 0.0199. The minimum absolute atomic E-state index is 0.100. The minimum Gasteiger partial charge on any atom is -0.462 e. The molecule has 0 heterocycles. The van der Waals surface area contributed by atoms with Crippen LogP contribution < -0.4 is 0 Å². The molecular weight excluding hydrogens is 805 g/mol. The van der Waals surface area contributed by atoms with Crippen molar-refractivity contribution < 1.29 is 28.6 Å². The van der Waals surface area contributed by atoms with E-state index in [-0.39, 0.29) is 31.1 Å². The van der Waals surface area contributed by atoms with Crippen LogP contribution in [0.15, 0.2) is 109 Å². The first kappa shape index (κ1) is 61.1. The standard InChI is InChI=1S/C59H96O6/c1-4-7-10-13-16-19-22-25-27-28-29-30-32-34-37-40-43-46-49-52-58(61)64-55-56(54-63-57(60)51-48-45-42-39-36-33-24-21-18-15-12-9-6-3)65-59(62)53-50-47-44-41-38-35-31-26-23-20-17-14-11-8-5-2/h7,9-10,12,15-21,23-27,33,36,56H,4-6,8,11,13-14,22,28-32,34-35,37-55H2,1-3H3/b10-7-,12-9-,18-15-,19-16-,20-17-,24-21-,26-23-,27-25-,36-33-. The van der Waals surface area contributed by atoms with Crippen molar-refractivity contribution in [1.29, 1.82) is 0 Å². The molecule has 368 valence electrons. The van der Waals surface area contributed by atoms with Gasteiger partial charge >= 0.3 is 17.9 Å². The Morgan fingerprint density at radius 2 is 0.677 bits per heavy atom. The van der Waals surface area contributed by atoms with Gasteiger partial charge in [0.1, 0.15) is 13.2 Å². The molecule has 0 rings (SSSR count). The smallest absolute Gasteiger partial charge is 0.306 e. The van der Waals surface area contributed by atoms with E-state index in [9.17, 15) is 14.4 Å². The number of rotatable bonds is 46. The summed E-state index contributed by atoms with van der Waals surface area (Å²) >= 11 is 0. The van der Waals surface area contributed by atoms with E-state index in [0.29, 0.717) is 19.3 Å². The topological polar surface area (TPSA) is 78.9 Å². The Hall–Kier alpha value is -3.93. The van der Waals surface area contributed by atoms with Crippen LogP contribution in [0.4, 0.5) is 0 Å². The third-order valence-corrected chi connectivity index (χ3v) is 10.9. The normalized spacial score (nSPS) is 13.0. The Bertz CT molecular complexity index is 1360. The number of carbonyl (C=O) groups is 3. The van der Waals surface area contributed by atoms with Gasteiger partial charge in [-0.25, -0.2) is 0 Å². The van der Waals surface area contributed by atoms with Crippen LogP contribution >= 0.6 is 0 Å². The molecule has 0 bridgehead atoms. The molecule has 6 heteroatoms. The van der Waals surface area contributed by atoms with Crippen LogP contribution in [0.2, 0.25) is 0 Å². The Balaban J connectivity index is 4.45. The fourth-order valence-electron chi connectivity index (χ4n) is 6.93. The zero-order valence-electron chi connectivity index (χ0n) is 42.0. The molecule has 0 aliphatic heterocycles. The fourth-order valence-corrected chi connectivity index (χ4v) is 6.93. The Morgan fingerprint density at radius 3 is 1.15 bits per heavy atom. The first-order chi connectivity index (χ1) is 32.0. The van der Waals surface area contributed by atoms with Crippen molar-refractivity contribution in [3.63, 3.8) is 0 Å². The third kappa shape index (κ3) is 50.9. The number of hydrogen-bond donors (Lipinski definition) is 0. The molecule has 0 radical (unpaired) electrons. The maximum absolute atomic E-state index is 12.8. The molecule has 0 fully saturated rings. The molecule has 0 saturated carbocycles. The van der Waals surface area contributed by atoms with Crippen LogP contribution in [0.1, 0.15) is 226 Å². The summed E-state index contributed by atoms with van der Waals surface area (Å²) in [6.07, 6.45) is 70.7. The molecule has 65 heavy (non-hydrogen) atoms. The number of allylic oxidation sites excluding steroid dienone is 18. The van der Waals surface area contributed by atoms with Gasteiger partial charge in [-0.05, 0) is 96.3 Å². The van der Waals surface area contributed by atoms with E-state index >= 15 is 0 Å². The predicted octanol–water partition coefficient (Wildman–Crippen LogP) is 17.5. The van der Waals surface area contributed by atoms with Crippen LogP contribution in [0.5, 0.6) is 0 Å². The van der Waals surface area contributed by atoms with E-state index in [2.05, 4.69) is 93.7 Å². The van der Waals surface area contributed by atoms with Gasteiger partial charge in [-0.3, -0.25) is 14.4 Å². The second kappa shape index (κ2) is 52.7. The molecule has 0 aromatic heterocycles. The first-order valence-electron chi connectivity index (χ1n) is 26.5. The van der Waals surface area contributed by atoms with Crippen LogP contribution in [0.3, 0.4) is 0 Å². The van der Waals surface area contributed by atoms with Gasteiger partial charge < -0.3 is 14.2 Å². The van der Waals surface area contributed by atoms with Gasteiger partial charge in [-0.15, -0.1) is 0 Å². The van der Waals surface area contributed by atoms with E-state index < -0.39 is 6.10 Å². The van der Waals surface area contributed by atoms with Gasteiger partial charge in [0.05, 0.1) is 0 Å². The second-order valence-corrected chi connectivity index (χ2v) is 17.1. The van der Waals surface area contributed by atoms with Crippen molar-refractivity contribution >= 4 is 17.9 Å². The number of carbonyl (C=O) groups excluding carboxylic acids is 3. The molecule has 0 aromatic carbocycles. The lowest BCUT2D eigenvalue weighted by atomic mass is 10.1. The molecule has 1 unspecified atom stereocenters. The summed E-state index contributed by atoms with van der Waals surface area (Å²) in [5.74, 6) is -0.962. The molecule has 0 aromatic rings. The van der Waals surface area contributed by atoms with Crippen molar-refractivity contribution in [2.75, 3.05) is 13.2 Å². The highest BCUT2D eigenvalue weighted by atomic mass is 16.6. The zero-order valence-corrected chi connectivity index (χ0v) is 42.0. The van der Waals surface area contributed by atoms with E-state index in [1.54, 1.807) is 0 Å². The van der Waals surface area contributed by atoms with Gasteiger partial charge in [-0.2, -0.15) is 0 Å². The van der Waals surface area contributed by atoms with Gasteiger partial charge in [0.15, 0.2) is 6.10 Å². The van der Waals surface area contributed by atoms with E-state index in [1.807, 2.05) is 36.5 Å². The third-order valence-electron chi connectivity index (χ3n) is 10.9. The number of ether oxygens (including phenoxy) is 3. The molecule has 0 N–H and O–H groups in total. The number of esters is 3. The van der Waals surface area contributed by atoms with Crippen molar-refractivity contribution in [2.45, 2.75) is 232 Å². The molecule has 0 amide bonds. The number of hydrogen-bond acceptors (Lipinski definition) is 6. The zero-order chi connectivity index (χ0) is 47.2. The lowest BCUT2D eigenvalue weighted by Gasteiger charge is -2.18. The van der Waals surface area contributed by atoms with Crippen molar-refractivity contribution in [3.8, 4) is 0 Å². The molecule has 0 aliphatic rings. The maximum Gasteiger partial charge on any atom is 0.306 e. The van der Waals surface area contributed by atoms with E-state index in [0.717, 1.165) is 103 Å². The molecule has 0 spiro atoms. The van der Waals surface area contributed by atoms with E-state index in [4.69, 9.17) is 14.2 Å². The summed E-state index contributed by atoms with van der Waals surface area (Å²) in [7, 11) is 0. The SMILES string of the molecule is CC\C=C/C=C\C=C/C=C\CCCCCC(=O)OCC(COC(=O)CCCCCCCCCCC/C=C\C/C=C\C/C=C\CC)OC(=O)CCCCCCCC/C=C\C=C/CCCCC. The lowest BCUT2D eigenvalue weighted by Crippen LogP contribution is -2.30. The summed E-state index contributed by atoms with van der Waals surface area (Å²) < 4.78 is 16.8. The maximum atomic E-state index is 12.8. The van der Waals surface area contributed by atoms with Crippen molar-refractivity contribution in [2.24, 2.45) is 0 Å². The molecule has 6 nitrogen and oxygen atoms in total. The molecule has 0 saturated heterocycles. The Labute approximate surface area is 400 Å². The Morgan fingerprint density at radius 1 is 0.338 bits per heavy atom. The summed E-state index contributed by atoms with van der Waals surface area (Å²) in [6, 6.07) is 0. The van der Waals surface area contributed by atoms with Crippen LogP contribution in [-0.2, 0) is 28.6 Å². The van der Waals surface area contributed by atoms with Crippen LogP contribution in [0, 0.1) is 0 Å². The average molecular weight is 901 g/mol. The van der Waals surface area contributed by atoms with Crippen molar-refractivity contribution in [3.05, 3.63) is 109 Å².